The molecule has 8 nitrogen and oxygen atoms in total. The lowest BCUT2D eigenvalue weighted by molar-refractivity contribution is 0.00695. The van der Waals surface area contributed by atoms with Gasteiger partial charge in [-0.25, -0.2) is 14.5 Å². The van der Waals surface area contributed by atoms with Gasteiger partial charge in [-0.15, -0.1) is 5.10 Å². The van der Waals surface area contributed by atoms with Crippen LogP contribution in [-0.4, -0.2) is 36.1 Å². The van der Waals surface area contributed by atoms with Crippen LogP contribution in [0, 0.1) is 11.8 Å². The summed E-state index contributed by atoms with van der Waals surface area (Å²) >= 11 is 0. The van der Waals surface area contributed by atoms with Crippen molar-refractivity contribution in [2.75, 3.05) is 0 Å². The van der Waals surface area contributed by atoms with E-state index in [1.165, 1.54) is 0 Å². The molecule has 0 atom stereocenters. The first kappa shape index (κ1) is 22.0. The van der Waals surface area contributed by atoms with Crippen molar-refractivity contribution in [2.24, 2.45) is 0 Å². The summed E-state index contributed by atoms with van der Waals surface area (Å²) in [6, 6.07) is 10.6. The van der Waals surface area contributed by atoms with Crippen LogP contribution in [0.4, 0.5) is 0 Å². The number of fused-ring (bicyclic) bond motifs is 1. The Morgan fingerprint density at radius 2 is 1.91 bits per heavy atom. The smallest absolute Gasteiger partial charge is 0.338 e. The Morgan fingerprint density at radius 1 is 1.12 bits per heavy atom. The molecule has 0 bridgehead atoms. The third-order valence-electron chi connectivity index (χ3n) is 4.73. The lowest BCUT2D eigenvalue weighted by Crippen LogP contribution is -2.24. The highest BCUT2D eigenvalue weighted by Gasteiger charge is 2.17. The number of carbonyl (C=O) groups excluding carboxylic acids is 1. The normalized spacial score (nSPS) is 11.1. The second-order valence-electron chi connectivity index (χ2n) is 8.51. The minimum Gasteiger partial charge on any atom is -0.456 e. The number of esters is 1. The van der Waals surface area contributed by atoms with Crippen molar-refractivity contribution in [3.63, 3.8) is 0 Å². The fraction of sp³-hybridized carbons (Fsp3) is 0.240. The van der Waals surface area contributed by atoms with Crippen LogP contribution in [0.3, 0.4) is 0 Å². The molecule has 0 amide bonds. The van der Waals surface area contributed by atoms with E-state index in [9.17, 15) is 9.59 Å². The van der Waals surface area contributed by atoms with Crippen molar-refractivity contribution in [3.05, 3.63) is 88.4 Å². The monoisotopic (exact) mass is 441 g/mol. The van der Waals surface area contributed by atoms with Crippen molar-refractivity contribution in [1.29, 1.82) is 0 Å². The van der Waals surface area contributed by atoms with E-state index in [1.807, 2.05) is 39.0 Å². The quantitative estimate of drug-likeness (QED) is 0.357. The molecule has 0 unspecified atom stereocenters. The Labute approximate surface area is 190 Å². The van der Waals surface area contributed by atoms with Crippen LogP contribution in [0.1, 0.15) is 42.4 Å². The minimum atomic E-state index is -0.553. The summed E-state index contributed by atoms with van der Waals surface area (Å²) < 4.78 is 8.62. The van der Waals surface area contributed by atoms with E-state index in [0.717, 1.165) is 10.9 Å². The molecular formula is C25H23N5O3. The standard InChI is InChI=1S/C25H23N5O3/c1-25(2,3)33-24(32)19-8-6-18(7-9-19)17-29-13-10-20-16-26-21(15-22(20)23(29)31)5-4-12-30-14-11-27-28-30/h6-11,13-16H,12,17H2,1-3H3. The topological polar surface area (TPSA) is 91.9 Å². The van der Waals surface area contributed by atoms with Crippen LogP contribution in [0.2, 0.25) is 0 Å². The number of rotatable bonds is 4. The highest BCUT2D eigenvalue weighted by molar-refractivity contribution is 5.89. The maximum atomic E-state index is 13.1. The van der Waals surface area contributed by atoms with Crippen molar-refractivity contribution < 1.29 is 9.53 Å². The van der Waals surface area contributed by atoms with Crippen LogP contribution in [0.5, 0.6) is 0 Å². The summed E-state index contributed by atoms with van der Waals surface area (Å²) in [6.07, 6.45) is 6.70. The van der Waals surface area contributed by atoms with Gasteiger partial charge in [-0.1, -0.05) is 23.3 Å². The van der Waals surface area contributed by atoms with Gasteiger partial charge in [0, 0.05) is 24.0 Å². The van der Waals surface area contributed by atoms with Crippen LogP contribution < -0.4 is 5.56 Å². The van der Waals surface area contributed by atoms with Crippen LogP contribution in [0.15, 0.2) is 66.0 Å². The molecule has 1 aromatic carbocycles. The highest BCUT2D eigenvalue weighted by Crippen LogP contribution is 2.14. The van der Waals surface area contributed by atoms with E-state index in [1.54, 1.807) is 52.2 Å². The van der Waals surface area contributed by atoms with Crippen LogP contribution >= 0.6 is 0 Å². The SMILES string of the molecule is CC(C)(C)OC(=O)c1ccc(Cn2ccc3cnc(C#CCn4ccnn4)cc3c2=O)cc1. The van der Waals surface area contributed by atoms with Gasteiger partial charge in [0.2, 0.25) is 0 Å². The zero-order chi connectivity index (χ0) is 23.4. The zero-order valence-corrected chi connectivity index (χ0v) is 18.6. The van der Waals surface area contributed by atoms with Gasteiger partial charge in [-0.3, -0.25) is 4.79 Å². The maximum absolute atomic E-state index is 13.1. The van der Waals surface area contributed by atoms with Crippen LogP contribution in [0.25, 0.3) is 10.8 Å². The predicted octanol–water partition coefficient (Wildman–Crippen LogP) is 3.04. The molecule has 0 fully saturated rings. The molecule has 4 aromatic rings. The van der Waals surface area contributed by atoms with Crippen molar-refractivity contribution >= 4 is 16.7 Å². The van der Waals surface area contributed by atoms with E-state index in [0.29, 0.717) is 29.7 Å². The Kier molecular flexibility index (Phi) is 6.05. The Balaban J connectivity index is 1.53. The number of hydrogen-bond donors (Lipinski definition) is 0. The molecule has 4 rings (SSSR count). The van der Waals surface area contributed by atoms with Gasteiger partial charge in [0.05, 0.1) is 23.7 Å². The molecular weight excluding hydrogens is 418 g/mol. The van der Waals surface area contributed by atoms with Crippen molar-refractivity contribution in [2.45, 2.75) is 39.5 Å². The third kappa shape index (κ3) is 5.52. The predicted molar refractivity (Wildman–Crippen MR) is 124 cm³/mol. The Morgan fingerprint density at radius 3 is 2.61 bits per heavy atom. The number of hydrogen-bond acceptors (Lipinski definition) is 6. The second kappa shape index (κ2) is 9.09. The molecule has 0 aliphatic rings. The summed E-state index contributed by atoms with van der Waals surface area (Å²) in [5.74, 6) is 5.56. The Hall–Kier alpha value is -4.25. The summed E-state index contributed by atoms with van der Waals surface area (Å²) in [7, 11) is 0. The number of aromatic nitrogens is 5. The molecule has 0 saturated heterocycles. The number of ether oxygens (including phenoxy) is 1. The van der Waals surface area contributed by atoms with E-state index < -0.39 is 5.60 Å². The number of nitrogens with zero attached hydrogens (tertiary/aromatic N) is 5. The van der Waals surface area contributed by atoms with Crippen LogP contribution in [-0.2, 0) is 17.8 Å². The number of pyridine rings is 2. The maximum Gasteiger partial charge on any atom is 0.338 e. The largest absolute Gasteiger partial charge is 0.456 e. The van der Waals surface area contributed by atoms with Crippen molar-refractivity contribution in [3.8, 4) is 11.8 Å². The summed E-state index contributed by atoms with van der Waals surface area (Å²) in [4.78, 5) is 29.6. The molecule has 0 aliphatic heterocycles. The number of carbonyl (C=O) groups is 1. The van der Waals surface area contributed by atoms with E-state index in [4.69, 9.17) is 4.74 Å². The fourth-order valence-electron chi connectivity index (χ4n) is 3.18. The lowest BCUT2D eigenvalue weighted by atomic mass is 10.1. The third-order valence-corrected chi connectivity index (χ3v) is 4.73. The molecule has 0 aliphatic carbocycles. The van der Waals surface area contributed by atoms with Gasteiger partial charge in [-0.05, 0) is 56.5 Å². The first-order chi connectivity index (χ1) is 15.8. The molecule has 166 valence electrons. The molecule has 0 N–H and O–H groups in total. The second-order valence-corrected chi connectivity index (χ2v) is 8.51. The Bertz CT molecular complexity index is 1400. The molecule has 3 heterocycles. The van der Waals surface area contributed by atoms with Gasteiger partial charge in [0.15, 0.2) is 0 Å². The first-order valence-electron chi connectivity index (χ1n) is 10.4. The lowest BCUT2D eigenvalue weighted by Gasteiger charge is -2.19. The number of benzene rings is 1. The minimum absolute atomic E-state index is 0.134. The molecule has 0 radical (unpaired) electrons. The van der Waals surface area contributed by atoms with E-state index in [-0.39, 0.29) is 11.5 Å². The van der Waals surface area contributed by atoms with E-state index >= 15 is 0 Å². The van der Waals surface area contributed by atoms with Gasteiger partial charge in [0.25, 0.3) is 5.56 Å². The van der Waals surface area contributed by atoms with Gasteiger partial charge in [-0.2, -0.15) is 0 Å². The van der Waals surface area contributed by atoms with Gasteiger partial charge < -0.3 is 9.30 Å². The summed E-state index contributed by atoms with van der Waals surface area (Å²) in [5, 5.41) is 8.89. The average Bonchev–Trinajstić information content (AvgIpc) is 3.29. The molecule has 33 heavy (non-hydrogen) atoms. The molecule has 0 saturated carbocycles. The first-order valence-corrected chi connectivity index (χ1v) is 10.4. The summed E-state index contributed by atoms with van der Waals surface area (Å²) in [5.41, 5.74) is 1.19. The fourth-order valence-corrected chi connectivity index (χ4v) is 3.18. The highest BCUT2D eigenvalue weighted by atomic mass is 16.6. The average molecular weight is 441 g/mol. The molecule has 8 heteroatoms. The molecule has 0 spiro atoms. The van der Waals surface area contributed by atoms with Crippen molar-refractivity contribution in [1.82, 2.24) is 24.5 Å². The molecule has 3 aromatic heterocycles. The van der Waals surface area contributed by atoms with Gasteiger partial charge in [0.1, 0.15) is 17.8 Å². The van der Waals surface area contributed by atoms with E-state index in [2.05, 4.69) is 27.1 Å². The zero-order valence-electron chi connectivity index (χ0n) is 18.6. The summed E-state index contributed by atoms with van der Waals surface area (Å²) in [6.45, 7) is 6.25. The van der Waals surface area contributed by atoms with Gasteiger partial charge >= 0.3 is 5.97 Å².